The number of rotatable bonds is 7. The number of nitrogens with one attached hydrogen (secondary N) is 1. The van der Waals surface area contributed by atoms with Gasteiger partial charge in [-0.05, 0) is 30.7 Å². The van der Waals surface area contributed by atoms with Crippen molar-refractivity contribution < 1.29 is 4.79 Å². The maximum absolute atomic E-state index is 11.3. The van der Waals surface area contributed by atoms with Crippen molar-refractivity contribution in [2.24, 2.45) is 5.73 Å². The Bertz CT molecular complexity index is 375. The summed E-state index contributed by atoms with van der Waals surface area (Å²) in [6.45, 7) is 5.41. The second-order valence-electron chi connectivity index (χ2n) is 4.41. The van der Waals surface area contributed by atoms with Crippen LogP contribution in [-0.4, -0.2) is 32.1 Å². The number of nitrogens with zero attached hydrogens (tertiary/aromatic N) is 1. The van der Waals surface area contributed by atoms with Crippen LogP contribution in [0.25, 0.3) is 0 Å². The molecule has 1 amide bonds. The van der Waals surface area contributed by atoms with Crippen molar-refractivity contribution in [3.8, 4) is 0 Å². The zero-order chi connectivity index (χ0) is 13.5. The van der Waals surface area contributed by atoms with E-state index in [1.807, 2.05) is 18.9 Å². The number of amides is 1. The number of likely N-dealkylation sites (N-methyl/N-ethyl adjacent to an activating group) is 2. The predicted molar refractivity (Wildman–Crippen MR) is 75.7 cm³/mol. The fraction of sp³-hybridized carbons (Fsp3) is 0.500. The molecule has 0 aliphatic carbocycles. The van der Waals surface area contributed by atoms with Gasteiger partial charge in [-0.25, -0.2) is 0 Å². The van der Waals surface area contributed by atoms with E-state index in [-0.39, 0.29) is 11.9 Å². The van der Waals surface area contributed by atoms with Gasteiger partial charge in [-0.3, -0.25) is 4.79 Å². The van der Waals surface area contributed by atoms with Gasteiger partial charge in [0, 0.05) is 19.3 Å². The van der Waals surface area contributed by atoms with Crippen LogP contribution in [0.1, 0.15) is 19.4 Å². The summed E-state index contributed by atoms with van der Waals surface area (Å²) in [7, 11) is 1.97. The Balaban J connectivity index is 2.67. The molecular formula is C14H23N3O. The maximum Gasteiger partial charge on any atom is 0.236 e. The van der Waals surface area contributed by atoms with E-state index in [0.29, 0.717) is 6.54 Å². The number of anilines is 1. The molecule has 0 heterocycles. The van der Waals surface area contributed by atoms with Crippen molar-refractivity contribution in [1.29, 1.82) is 0 Å². The molecule has 18 heavy (non-hydrogen) atoms. The molecular weight excluding hydrogens is 226 g/mol. The third-order valence-electron chi connectivity index (χ3n) is 3.04. The first-order valence-corrected chi connectivity index (χ1v) is 6.41. The maximum atomic E-state index is 11.3. The Morgan fingerprint density at radius 2 is 1.94 bits per heavy atom. The van der Waals surface area contributed by atoms with Gasteiger partial charge in [0.25, 0.3) is 0 Å². The molecule has 0 saturated heterocycles. The summed E-state index contributed by atoms with van der Waals surface area (Å²) in [5.74, 6) is -0.311. The molecule has 1 unspecified atom stereocenters. The minimum absolute atomic E-state index is 0.311. The fourth-order valence-electron chi connectivity index (χ4n) is 1.87. The van der Waals surface area contributed by atoms with Crippen LogP contribution in [0, 0.1) is 0 Å². The van der Waals surface area contributed by atoms with Gasteiger partial charge in [-0.2, -0.15) is 0 Å². The van der Waals surface area contributed by atoms with Gasteiger partial charge in [0.05, 0.1) is 0 Å². The lowest BCUT2D eigenvalue weighted by Gasteiger charge is -2.24. The van der Waals surface area contributed by atoms with Crippen molar-refractivity contribution in [1.82, 2.24) is 5.32 Å². The number of benzene rings is 1. The molecule has 4 heteroatoms. The highest BCUT2D eigenvalue weighted by Gasteiger charge is 2.16. The number of carbonyl (C=O) groups excluding carboxylic acids is 1. The zero-order valence-corrected chi connectivity index (χ0v) is 11.4. The van der Waals surface area contributed by atoms with Crippen LogP contribution >= 0.6 is 0 Å². The van der Waals surface area contributed by atoms with E-state index >= 15 is 0 Å². The second-order valence-corrected chi connectivity index (χ2v) is 4.41. The molecule has 1 aromatic rings. The van der Waals surface area contributed by atoms with Gasteiger partial charge in [0.15, 0.2) is 0 Å². The molecule has 3 N–H and O–H groups in total. The zero-order valence-electron chi connectivity index (χ0n) is 11.4. The highest BCUT2D eigenvalue weighted by molar-refractivity contribution is 5.80. The first-order chi connectivity index (χ1) is 8.58. The lowest BCUT2D eigenvalue weighted by Crippen LogP contribution is -2.48. The summed E-state index contributed by atoms with van der Waals surface area (Å²) in [5, 5.41) is 3.09. The van der Waals surface area contributed by atoms with Gasteiger partial charge in [0.1, 0.15) is 6.04 Å². The highest BCUT2D eigenvalue weighted by atomic mass is 16.1. The molecule has 0 radical (unpaired) electrons. The van der Waals surface area contributed by atoms with Crippen molar-refractivity contribution in [2.45, 2.75) is 26.3 Å². The molecule has 0 saturated carbocycles. The first-order valence-electron chi connectivity index (χ1n) is 6.41. The third-order valence-corrected chi connectivity index (χ3v) is 3.04. The predicted octanol–water partition coefficient (Wildman–Crippen LogP) is 1.15. The first kappa shape index (κ1) is 14.5. The van der Waals surface area contributed by atoms with Crippen LogP contribution in [0.2, 0.25) is 0 Å². The number of hydrogen-bond acceptors (Lipinski definition) is 3. The van der Waals surface area contributed by atoms with Crippen molar-refractivity contribution in [3.05, 3.63) is 29.8 Å². The Kier molecular flexibility index (Phi) is 5.65. The molecule has 100 valence electrons. The summed E-state index contributed by atoms with van der Waals surface area (Å²) in [6.07, 6.45) is 1.03. The summed E-state index contributed by atoms with van der Waals surface area (Å²) in [6, 6.07) is 8.05. The molecule has 0 bridgehead atoms. The van der Waals surface area contributed by atoms with E-state index < -0.39 is 0 Å². The van der Waals surface area contributed by atoms with Gasteiger partial charge in [-0.1, -0.05) is 26.0 Å². The molecule has 1 rings (SSSR count). The van der Waals surface area contributed by atoms with Crippen LogP contribution in [0.3, 0.4) is 0 Å². The lowest BCUT2D eigenvalue weighted by molar-refractivity contribution is -0.119. The molecule has 4 nitrogen and oxygen atoms in total. The second kappa shape index (κ2) is 7.01. The molecule has 1 atom stereocenters. The van der Waals surface area contributed by atoms with Crippen LogP contribution in [-0.2, 0) is 11.2 Å². The molecule has 1 aromatic carbocycles. The van der Waals surface area contributed by atoms with E-state index in [1.54, 1.807) is 0 Å². The number of primary amides is 1. The van der Waals surface area contributed by atoms with Crippen molar-refractivity contribution in [3.63, 3.8) is 0 Å². The molecule has 0 spiro atoms. The average molecular weight is 249 g/mol. The number of hydrogen-bond donors (Lipinski definition) is 2. The largest absolute Gasteiger partial charge is 0.372 e. The number of aryl methyl sites for hydroxylation is 1. The molecule has 0 aromatic heterocycles. The van der Waals surface area contributed by atoms with E-state index in [0.717, 1.165) is 18.7 Å². The Morgan fingerprint density at radius 1 is 1.33 bits per heavy atom. The van der Waals surface area contributed by atoms with Crippen molar-refractivity contribution in [2.75, 3.05) is 25.0 Å². The summed E-state index contributed by atoms with van der Waals surface area (Å²) >= 11 is 0. The lowest BCUT2D eigenvalue weighted by atomic mass is 10.1. The summed E-state index contributed by atoms with van der Waals surface area (Å²) < 4.78 is 0. The Hall–Kier alpha value is -1.55. The Morgan fingerprint density at radius 3 is 2.39 bits per heavy atom. The van der Waals surface area contributed by atoms with E-state index in [4.69, 9.17) is 5.73 Å². The molecule has 0 aliphatic rings. The number of nitrogens with two attached hydrogens (primary N) is 1. The molecule has 0 fully saturated rings. The minimum Gasteiger partial charge on any atom is -0.372 e. The SMILES string of the molecule is CCNC(CN(C)c1ccc(CC)cc1)C(N)=O. The third kappa shape index (κ3) is 4.04. The van der Waals surface area contributed by atoms with Gasteiger partial charge in [-0.15, -0.1) is 0 Å². The quantitative estimate of drug-likeness (QED) is 0.762. The minimum atomic E-state index is -0.314. The number of carbonyl (C=O) groups is 1. The smallest absolute Gasteiger partial charge is 0.236 e. The topological polar surface area (TPSA) is 58.4 Å². The van der Waals surface area contributed by atoms with Crippen LogP contribution in [0.5, 0.6) is 0 Å². The highest BCUT2D eigenvalue weighted by Crippen LogP contribution is 2.14. The molecule has 0 aliphatic heterocycles. The van der Waals surface area contributed by atoms with Gasteiger partial charge in [0.2, 0.25) is 5.91 Å². The van der Waals surface area contributed by atoms with Crippen LogP contribution in [0.4, 0.5) is 5.69 Å². The van der Waals surface area contributed by atoms with E-state index in [2.05, 4.69) is 36.5 Å². The van der Waals surface area contributed by atoms with Crippen LogP contribution in [0.15, 0.2) is 24.3 Å². The summed E-state index contributed by atoms with van der Waals surface area (Å²) in [5.41, 5.74) is 7.77. The average Bonchev–Trinajstić information content (AvgIpc) is 2.38. The normalized spacial score (nSPS) is 12.2. The Labute approximate surface area is 109 Å². The standard InChI is InChI=1S/C14H23N3O/c1-4-11-6-8-12(9-7-11)17(3)10-13(14(15)18)16-5-2/h6-9,13,16H,4-5,10H2,1-3H3,(H2,15,18). The van der Waals surface area contributed by atoms with Crippen LogP contribution < -0.4 is 16.0 Å². The fourth-order valence-corrected chi connectivity index (χ4v) is 1.87. The van der Waals surface area contributed by atoms with Crippen molar-refractivity contribution >= 4 is 11.6 Å². The van der Waals surface area contributed by atoms with E-state index in [9.17, 15) is 4.79 Å². The summed E-state index contributed by atoms with van der Waals surface area (Å²) in [4.78, 5) is 13.3. The van der Waals surface area contributed by atoms with E-state index in [1.165, 1.54) is 5.56 Å². The van der Waals surface area contributed by atoms with Gasteiger partial charge >= 0.3 is 0 Å². The monoisotopic (exact) mass is 249 g/mol. The van der Waals surface area contributed by atoms with Gasteiger partial charge < -0.3 is 16.0 Å².